The van der Waals surface area contributed by atoms with E-state index in [0.29, 0.717) is 5.56 Å². The van der Waals surface area contributed by atoms with Crippen molar-refractivity contribution < 1.29 is 24.6 Å². The van der Waals surface area contributed by atoms with E-state index in [1.165, 1.54) is 12.1 Å². The molecule has 0 aromatic heterocycles. The third kappa shape index (κ3) is 3.60. The standard InChI is InChI=1S/C11H11NO5/c13-8(14)6-12-10(15)9(11(16)17)7-4-2-1-3-5-7/h1-5,9H,6H2,(H,12,15)(H,13,14)(H,16,17). The summed E-state index contributed by atoms with van der Waals surface area (Å²) in [4.78, 5) is 32.8. The highest BCUT2D eigenvalue weighted by Gasteiger charge is 2.27. The van der Waals surface area contributed by atoms with Crippen LogP contribution in [0.15, 0.2) is 30.3 Å². The van der Waals surface area contributed by atoms with Crippen molar-refractivity contribution in [2.45, 2.75) is 5.92 Å². The van der Waals surface area contributed by atoms with Gasteiger partial charge < -0.3 is 15.5 Å². The molecule has 0 fully saturated rings. The lowest BCUT2D eigenvalue weighted by Crippen LogP contribution is -2.36. The van der Waals surface area contributed by atoms with Gasteiger partial charge in [-0.3, -0.25) is 14.4 Å². The summed E-state index contributed by atoms with van der Waals surface area (Å²) < 4.78 is 0. The Morgan fingerprint density at radius 1 is 1.12 bits per heavy atom. The fourth-order valence-corrected chi connectivity index (χ4v) is 1.32. The Hall–Kier alpha value is -2.37. The third-order valence-electron chi connectivity index (χ3n) is 2.06. The highest BCUT2D eigenvalue weighted by Crippen LogP contribution is 2.15. The van der Waals surface area contributed by atoms with E-state index in [9.17, 15) is 14.4 Å². The van der Waals surface area contributed by atoms with Crippen molar-refractivity contribution in [3.05, 3.63) is 35.9 Å². The molecular formula is C11H11NO5. The first-order valence-electron chi connectivity index (χ1n) is 4.79. The van der Waals surface area contributed by atoms with Crippen LogP contribution in [0.3, 0.4) is 0 Å². The summed E-state index contributed by atoms with van der Waals surface area (Å²) in [5, 5.41) is 19.4. The van der Waals surface area contributed by atoms with Crippen molar-refractivity contribution in [3.8, 4) is 0 Å². The average Bonchev–Trinajstić information content (AvgIpc) is 2.27. The first kappa shape index (κ1) is 12.7. The number of benzene rings is 1. The lowest BCUT2D eigenvalue weighted by atomic mass is 9.98. The van der Waals surface area contributed by atoms with Crippen molar-refractivity contribution in [2.24, 2.45) is 0 Å². The maximum Gasteiger partial charge on any atom is 0.322 e. The zero-order valence-electron chi connectivity index (χ0n) is 8.79. The van der Waals surface area contributed by atoms with Crippen molar-refractivity contribution >= 4 is 17.8 Å². The second-order valence-corrected chi connectivity index (χ2v) is 3.29. The first-order chi connectivity index (χ1) is 8.02. The molecule has 6 heteroatoms. The molecule has 1 unspecified atom stereocenters. The van der Waals surface area contributed by atoms with Crippen LogP contribution in [0.25, 0.3) is 0 Å². The SMILES string of the molecule is O=C(O)CNC(=O)C(C(=O)O)c1ccccc1. The Morgan fingerprint density at radius 2 is 1.71 bits per heavy atom. The second kappa shape index (κ2) is 5.64. The number of carbonyl (C=O) groups is 3. The molecule has 0 bridgehead atoms. The zero-order chi connectivity index (χ0) is 12.8. The molecule has 1 aromatic carbocycles. The van der Waals surface area contributed by atoms with Crippen LogP contribution in [0.4, 0.5) is 0 Å². The molecule has 17 heavy (non-hydrogen) atoms. The minimum Gasteiger partial charge on any atom is -0.480 e. The van der Waals surface area contributed by atoms with E-state index in [2.05, 4.69) is 0 Å². The van der Waals surface area contributed by atoms with Crippen molar-refractivity contribution in [1.29, 1.82) is 0 Å². The first-order valence-corrected chi connectivity index (χ1v) is 4.79. The summed E-state index contributed by atoms with van der Waals surface area (Å²) in [7, 11) is 0. The van der Waals surface area contributed by atoms with Crippen LogP contribution >= 0.6 is 0 Å². The Kier molecular flexibility index (Phi) is 4.21. The van der Waals surface area contributed by atoms with Crippen LogP contribution in [0.2, 0.25) is 0 Å². The number of hydrogen-bond donors (Lipinski definition) is 3. The third-order valence-corrected chi connectivity index (χ3v) is 2.06. The number of aliphatic carboxylic acids is 2. The number of carbonyl (C=O) groups excluding carboxylic acids is 1. The molecule has 0 radical (unpaired) electrons. The predicted molar refractivity (Wildman–Crippen MR) is 57.5 cm³/mol. The Labute approximate surface area is 96.9 Å². The van der Waals surface area contributed by atoms with E-state index >= 15 is 0 Å². The molecule has 0 spiro atoms. The van der Waals surface area contributed by atoms with Gasteiger partial charge >= 0.3 is 11.9 Å². The predicted octanol–water partition coefficient (Wildman–Crippen LogP) is 0.0556. The number of carboxylic acid groups (broad SMARTS) is 2. The summed E-state index contributed by atoms with van der Waals surface area (Å²) in [5.41, 5.74) is 0.308. The van der Waals surface area contributed by atoms with E-state index in [-0.39, 0.29) is 0 Å². The zero-order valence-corrected chi connectivity index (χ0v) is 8.79. The van der Waals surface area contributed by atoms with Gasteiger partial charge in [-0.2, -0.15) is 0 Å². The van der Waals surface area contributed by atoms with E-state index in [1.54, 1.807) is 18.2 Å². The molecule has 6 nitrogen and oxygen atoms in total. The van der Waals surface area contributed by atoms with Gasteiger partial charge in [-0.15, -0.1) is 0 Å². The fraction of sp³-hybridized carbons (Fsp3) is 0.182. The highest BCUT2D eigenvalue weighted by atomic mass is 16.4. The number of carboxylic acids is 2. The van der Waals surface area contributed by atoms with Gasteiger partial charge in [0.1, 0.15) is 6.54 Å². The molecule has 3 N–H and O–H groups in total. The number of nitrogens with one attached hydrogen (secondary N) is 1. The van der Waals surface area contributed by atoms with Crippen molar-refractivity contribution in [1.82, 2.24) is 5.32 Å². The lowest BCUT2D eigenvalue weighted by Gasteiger charge is -2.11. The van der Waals surface area contributed by atoms with Crippen LogP contribution in [0.5, 0.6) is 0 Å². The summed E-state index contributed by atoms with van der Waals surface area (Å²) >= 11 is 0. The van der Waals surface area contributed by atoms with Crippen LogP contribution < -0.4 is 5.32 Å². The normalized spacial score (nSPS) is 11.5. The molecule has 0 heterocycles. The molecule has 1 amide bonds. The molecule has 1 atom stereocenters. The molecule has 1 rings (SSSR count). The molecule has 90 valence electrons. The molecular weight excluding hydrogens is 226 g/mol. The summed E-state index contributed by atoms with van der Waals surface area (Å²) in [5.74, 6) is -4.78. The van der Waals surface area contributed by atoms with Gasteiger partial charge in [-0.25, -0.2) is 0 Å². The maximum absolute atomic E-state index is 11.5. The van der Waals surface area contributed by atoms with Crippen LogP contribution in [0, 0.1) is 0 Å². The number of rotatable bonds is 5. The van der Waals surface area contributed by atoms with Crippen LogP contribution in [0.1, 0.15) is 11.5 Å². The largest absolute Gasteiger partial charge is 0.480 e. The maximum atomic E-state index is 11.5. The van der Waals surface area contributed by atoms with Gasteiger partial charge in [0, 0.05) is 0 Å². The van der Waals surface area contributed by atoms with Gasteiger partial charge in [-0.05, 0) is 5.56 Å². The Morgan fingerprint density at radius 3 is 2.18 bits per heavy atom. The van der Waals surface area contributed by atoms with Gasteiger partial charge in [0.2, 0.25) is 5.91 Å². The van der Waals surface area contributed by atoms with Crippen molar-refractivity contribution in [3.63, 3.8) is 0 Å². The molecule has 1 aromatic rings. The summed E-state index contributed by atoms with van der Waals surface area (Å²) in [6.07, 6.45) is 0. The number of amides is 1. The van der Waals surface area contributed by atoms with Crippen LogP contribution in [-0.4, -0.2) is 34.6 Å². The topological polar surface area (TPSA) is 104 Å². The lowest BCUT2D eigenvalue weighted by molar-refractivity contribution is -0.145. The van der Waals surface area contributed by atoms with Gasteiger partial charge in [0.25, 0.3) is 0 Å². The minimum absolute atomic E-state index is 0.308. The molecule has 0 aliphatic rings. The molecule has 0 saturated heterocycles. The monoisotopic (exact) mass is 237 g/mol. The molecule has 0 aliphatic heterocycles. The van der Waals surface area contributed by atoms with E-state index in [1.807, 2.05) is 5.32 Å². The minimum atomic E-state index is -1.39. The quantitative estimate of drug-likeness (QED) is 0.628. The number of hydrogen-bond acceptors (Lipinski definition) is 3. The van der Waals surface area contributed by atoms with E-state index in [0.717, 1.165) is 0 Å². The molecule has 0 aliphatic carbocycles. The average molecular weight is 237 g/mol. The summed E-state index contributed by atoms with van der Waals surface area (Å²) in [6.45, 7) is -0.602. The van der Waals surface area contributed by atoms with Crippen LogP contribution in [-0.2, 0) is 14.4 Å². The van der Waals surface area contributed by atoms with E-state index in [4.69, 9.17) is 10.2 Å². The van der Waals surface area contributed by atoms with E-state index < -0.39 is 30.3 Å². The molecule has 0 saturated carbocycles. The smallest absolute Gasteiger partial charge is 0.322 e. The summed E-state index contributed by atoms with van der Waals surface area (Å²) in [6, 6.07) is 7.90. The Balaban J connectivity index is 2.84. The fourth-order valence-electron chi connectivity index (χ4n) is 1.32. The second-order valence-electron chi connectivity index (χ2n) is 3.29. The highest BCUT2D eigenvalue weighted by molar-refractivity contribution is 6.03. The Bertz CT molecular complexity index is 429. The van der Waals surface area contributed by atoms with Gasteiger partial charge in [-0.1, -0.05) is 30.3 Å². The van der Waals surface area contributed by atoms with Gasteiger partial charge in [0.05, 0.1) is 0 Å². The van der Waals surface area contributed by atoms with Gasteiger partial charge in [0.15, 0.2) is 5.92 Å². The van der Waals surface area contributed by atoms with Crippen molar-refractivity contribution in [2.75, 3.05) is 6.54 Å².